The van der Waals surface area contributed by atoms with Crippen LogP contribution in [0.3, 0.4) is 0 Å². The fourth-order valence-corrected chi connectivity index (χ4v) is 5.42. The first kappa shape index (κ1) is 25.8. The molecule has 6 nitrogen and oxygen atoms in total. The molecular formula is C28H36N2O4S. The molecule has 0 saturated carbocycles. The summed E-state index contributed by atoms with van der Waals surface area (Å²) in [5.41, 5.74) is 4.15. The number of hydrogen-bond donors (Lipinski definition) is 3. The molecule has 1 aliphatic heterocycles. The van der Waals surface area contributed by atoms with Gasteiger partial charge < -0.3 is 19.7 Å². The number of nitrogens with one attached hydrogen (secondary N) is 1. The maximum Gasteiger partial charge on any atom is 0.142 e. The molecule has 2 atom stereocenters. The summed E-state index contributed by atoms with van der Waals surface area (Å²) in [6.45, 7) is 10.6. The molecule has 2 aromatic carbocycles. The third-order valence-corrected chi connectivity index (χ3v) is 7.41. The van der Waals surface area contributed by atoms with Crippen LogP contribution in [-0.4, -0.2) is 39.6 Å². The molecule has 3 N–H and O–H groups in total. The predicted octanol–water partition coefficient (Wildman–Crippen LogP) is 4.94. The first-order valence-electron chi connectivity index (χ1n) is 12.2. The Hall–Kier alpha value is -2.29. The molecule has 0 radical (unpaired) electrons. The fourth-order valence-electron chi connectivity index (χ4n) is 4.38. The van der Waals surface area contributed by atoms with Crippen LogP contribution in [0.15, 0.2) is 42.5 Å². The Morgan fingerprint density at radius 3 is 2.63 bits per heavy atom. The molecule has 0 amide bonds. The predicted molar refractivity (Wildman–Crippen MR) is 140 cm³/mol. The highest BCUT2D eigenvalue weighted by Gasteiger charge is 2.30. The molecule has 0 saturated heterocycles. The zero-order valence-electron chi connectivity index (χ0n) is 21.2. The van der Waals surface area contributed by atoms with Gasteiger partial charge in [-0.25, -0.2) is 4.98 Å². The van der Waals surface area contributed by atoms with Crippen molar-refractivity contribution < 1.29 is 19.7 Å². The lowest BCUT2D eigenvalue weighted by Gasteiger charge is -2.31. The molecular weight excluding hydrogens is 460 g/mol. The zero-order valence-corrected chi connectivity index (χ0v) is 22.0. The van der Waals surface area contributed by atoms with Gasteiger partial charge in [0.05, 0.1) is 35.0 Å². The number of aryl methyl sites for hydroxylation is 1. The van der Waals surface area contributed by atoms with Gasteiger partial charge in [-0.15, -0.1) is 11.3 Å². The second-order valence-corrected chi connectivity index (χ2v) is 11.0. The number of thiazole rings is 1. The summed E-state index contributed by atoms with van der Waals surface area (Å²) >= 11 is 1.50. The summed E-state index contributed by atoms with van der Waals surface area (Å²) in [6.07, 6.45) is 0.304. The minimum atomic E-state index is -0.964. The summed E-state index contributed by atoms with van der Waals surface area (Å²) in [6, 6.07) is 14.3. The van der Waals surface area contributed by atoms with Gasteiger partial charge in [0.15, 0.2) is 0 Å². The Morgan fingerprint density at radius 2 is 1.94 bits per heavy atom. The molecule has 0 aliphatic carbocycles. The van der Waals surface area contributed by atoms with Gasteiger partial charge in [0.2, 0.25) is 0 Å². The average molecular weight is 497 g/mol. The van der Waals surface area contributed by atoms with Crippen LogP contribution in [0.1, 0.15) is 61.2 Å². The van der Waals surface area contributed by atoms with Crippen molar-refractivity contribution >= 4 is 11.3 Å². The highest BCUT2D eigenvalue weighted by molar-refractivity contribution is 7.15. The molecule has 0 fully saturated rings. The highest BCUT2D eigenvalue weighted by Crippen LogP contribution is 2.34. The molecule has 7 heteroatoms. The first-order valence-corrected chi connectivity index (χ1v) is 13.0. The summed E-state index contributed by atoms with van der Waals surface area (Å²) in [5, 5.41) is 25.8. The third-order valence-electron chi connectivity index (χ3n) is 6.15. The van der Waals surface area contributed by atoms with Gasteiger partial charge in [-0.1, -0.05) is 42.5 Å². The van der Waals surface area contributed by atoms with Crippen molar-refractivity contribution in [2.24, 2.45) is 0 Å². The van der Waals surface area contributed by atoms with Gasteiger partial charge >= 0.3 is 0 Å². The number of ether oxygens (including phenoxy) is 2. The van der Waals surface area contributed by atoms with Gasteiger partial charge in [0.25, 0.3) is 0 Å². The normalized spacial score (nSPS) is 15.2. The molecule has 3 aromatic rings. The Labute approximate surface area is 212 Å². The SMILES string of the molecule is Cc1nc(-c2ccccc2)sc1C(O)NCc1cc(CC(OC(C)C)C(C)(C)O)cc2c1OCC2. The van der Waals surface area contributed by atoms with Gasteiger partial charge in [0.1, 0.15) is 17.0 Å². The van der Waals surface area contributed by atoms with Crippen LogP contribution < -0.4 is 10.1 Å². The van der Waals surface area contributed by atoms with Gasteiger partial charge in [-0.2, -0.15) is 0 Å². The first-order chi connectivity index (χ1) is 16.6. The number of aliphatic hydroxyl groups excluding tert-OH is 1. The lowest BCUT2D eigenvalue weighted by atomic mass is 9.92. The van der Waals surface area contributed by atoms with E-state index >= 15 is 0 Å². The quantitative estimate of drug-likeness (QED) is 0.345. The van der Waals surface area contributed by atoms with Crippen molar-refractivity contribution in [2.75, 3.05) is 6.61 Å². The molecule has 2 heterocycles. The zero-order chi connectivity index (χ0) is 25.2. The minimum Gasteiger partial charge on any atom is -0.493 e. The van der Waals surface area contributed by atoms with E-state index in [0.29, 0.717) is 19.6 Å². The summed E-state index contributed by atoms with van der Waals surface area (Å²) in [7, 11) is 0. The Balaban J connectivity index is 1.52. The molecule has 0 spiro atoms. The van der Waals surface area contributed by atoms with E-state index in [2.05, 4.69) is 22.4 Å². The monoisotopic (exact) mass is 496 g/mol. The Morgan fingerprint density at radius 1 is 1.20 bits per heavy atom. The number of fused-ring (bicyclic) bond motifs is 1. The third kappa shape index (κ3) is 6.29. The molecule has 2 unspecified atom stereocenters. The van der Waals surface area contributed by atoms with Crippen LogP contribution in [0.2, 0.25) is 0 Å². The van der Waals surface area contributed by atoms with Crippen molar-refractivity contribution in [3.63, 3.8) is 0 Å². The second kappa shape index (κ2) is 10.8. The van der Waals surface area contributed by atoms with Crippen LogP contribution in [0.4, 0.5) is 0 Å². The van der Waals surface area contributed by atoms with Gasteiger partial charge in [-0.3, -0.25) is 5.32 Å². The standard InChI is InChI=1S/C28H36N2O4S/c1-17(2)34-23(28(4,5)32)15-19-13-21-11-12-33-24(21)22(14-19)16-29-26(31)25-18(3)30-27(35-25)20-9-7-6-8-10-20/h6-10,13-14,17,23,26,29,31-32H,11-12,15-16H2,1-5H3. The van der Waals surface area contributed by atoms with Crippen molar-refractivity contribution in [1.82, 2.24) is 10.3 Å². The largest absolute Gasteiger partial charge is 0.493 e. The van der Waals surface area contributed by atoms with Crippen LogP contribution in [0.25, 0.3) is 10.6 Å². The molecule has 0 bridgehead atoms. The summed E-state index contributed by atoms with van der Waals surface area (Å²) in [4.78, 5) is 5.47. The van der Waals surface area contributed by atoms with Gasteiger partial charge in [-0.05, 0) is 45.7 Å². The highest BCUT2D eigenvalue weighted by atomic mass is 32.1. The number of aromatic nitrogens is 1. The second-order valence-electron chi connectivity index (χ2n) is 9.99. The van der Waals surface area contributed by atoms with Crippen LogP contribution in [0, 0.1) is 6.92 Å². The van der Waals surface area contributed by atoms with E-state index in [9.17, 15) is 10.2 Å². The average Bonchev–Trinajstić information content (AvgIpc) is 3.43. The Kier molecular flexibility index (Phi) is 7.93. The van der Waals surface area contributed by atoms with Crippen molar-refractivity contribution in [3.05, 3.63) is 69.7 Å². The van der Waals surface area contributed by atoms with E-state index in [1.807, 2.05) is 51.1 Å². The smallest absolute Gasteiger partial charge is 0.142 e. The summed E-state index contributed by atoms with van der Waals surface area (Å²) < 4.78 is 12.0. The van der Waals surface area contributed by atoms with E-state index < -0.39 is 11.8 Å². The van der Waals surface area contributed by atoms with E-state index in [0.717, 1.165) is 50.0 Å². The van der Waals surface area contributed by atoms with Crippen molar-refractivity contribution in [1.29, 1.82) is 0 Å². The van der Waals surface area contributed by atoms with Crippen LogP contribution in [0.5, 0.6) is 5.75 Å². The molecule has 35 heavy (non-hydrogen) atoms. The molecule has 4 rings (SSSR count). The van der Waals surface area contributed by atoms with E-state index in [1.165, 1.54) is 11.3 Å². The number of rotatable bonds is 10. The van der Waals surface area contributed by atoms with Gasteiger partial charge in [0, 0.05) is 30.5 Å². The van der Waals surface area contributed by atoms with E-state index in [1.54, 1.807) is 13.8 Å². The number of aliphatic hydroxyl groups is 2. The van der Waals surface area contributed by atoms with Crippen molar-refractivity contribution in [2.45, 2.75) is 78.0 Å². The van der Waals surface area contributed by atoms with Crippen LogP contribution >= 0.6 is 11.3 Å². The van der Waals surface area contributed by atoms with Crippen LogP contribution in [-0.2, 0) is 24.1 Å². The number of hydrogen-bond acceptors (Lipinski definition) is 7. The number of benzene rings is 2. The number of nitrogens with zero attached hydrogens (tertiary/aromatic N) is 1. The fraction of sp³-hybridized carbons (Fsp3) is 0.464. The van der Waals surface area contributed by atoms with E-state index in [-0.39, 0.29) is 12.2 Å². The molecule has 188 valence electrons. The minimum absolute atomic E-state index is 0.0175. The van der Waals surface area contributed by atoms with Crippen molar-refractivity contribution in [3.8, 4) is 16.3 Å². The molecule has 1 aromatic heterocycles. The lowest BCUT2D eigenvalue weighted by molar-refractivity contribution is -0.108. The lowest BCUT2D eigenvalue weighted by Crippen LogP contribution is -2.41. The summed E-state index contributed by atoms with van der Waals surface area (Å²) in [5.74, 6) is 0.893. The maximum absolute atomic E-state index is 11.0. The topological polar surface area (TPSA) is 83.8 Å². The van der Waals surface area contributed by atoms with E-state index in [4.69, 9.17) is 9.47 Å². The maximum atomic E-state index is 11.0. The molecule has 1 aliphatic rings. The Bertz CT molecular complexity index is 1140.